The van der Waals surface area contributed by atoms with Gasteiger partial charge in [-0.1, -0.05) is 60.7 Å². The summed E-state index contributed by atoms with van der Waals surface area (Å²) in [5.74, 6) is 0.0949. The van der Waals surface area contributed by atoms with Crippen LogP contribution in [0.2, 0.25) is 0 Å². The van der Waals surface area contributed by atoms with Gasteiger partial charge in [0.15, 0.2) is 5.78 Å². The largest absolute Gasteiger partial charge is 0.489 e. The summed E-state index contributed by atoms with van der Waals surface area (Å²) in [4.78, 5) is 24.2. The molecule has 0 heterocycles. The summed E-state index contributed by atoms with van der Waals surface area (Å²) in [6.07, 6.45) is 0. The molecule has 0 radical (unpaired) electrons. The first-order valence-electron chi connectivity index (χ1n) is 9.08. The predicted octanol–water partition coefficient (Wildman–Crippen LogP) is 4.77. The Morgan fingerprint density at radius 3 is 2.21 bits per heavy atom. The Bertz CT molecular complexity index is 946. The zero-order valence-electron chi connectivity index (χ0n) is 15.9. The molecule has 1 unspecified atom stereocenters. The molecule has 4 nitrogen and oxygen atoms in total. The molecule has 0 amide bonds. The van der Waals surface area contributed by atoms with Gasteiger partial charge in [0.2, 0.25) is 0 Å². The molecule has 0 bridgehead atoms. The topological polar surface area (TPSA) is 52.6 Å². The molecule has 28 heavy (non-hydrogen) atoms. The van der Waals surface area contributed by atoms with E-state index in [1.54, 1.807) is 6.92 Å². The number of ether oxygens (including phenoxy) is 2. The summed E-state index contributed by atoms with van der Waals surface area (Å²) in [5.41, 5.74) is 3.08. The lowest BCUT2D eigenvalue weighted by Crippen LogP contribution is -2.10. The van der Waals surface area contributed by atoms with Gasteiger partial charge in [0, 0.05) is 11.1 Å². The molecule has 3 aromatic rings. The van der Waals surface area contributed by atoms with E-state index in [9.17, 15) is 9.59 Å². The molecule has 0 saturated heterocycles. The lowest BCUT2D eigenvalue weighted by Gasteiger charge is -2.11. The summed E-state index contributed by atoms with van der Waals surface area (Å²) >= 11 is 0. The van der Waals surface area contributed by atoms with Gasteiger partial charge in [-0.15, -0.1) is 0 Å². The van der Waals surface area contributed by atoms with Crippen molar-refractivity contribution < 1.29 is 19.1 Å². The van der Waals surface area contributed by atoms with E-state index in [-0.39, 0.29) is 17.7 Å². The SMILES string of the molecule is COC(=O)C(C)c1ccc(OCc2cccc(C(=O)c3ccccc3)c2)cc1. The lowest BCUT2D eigenvalue weighted by molar-refractivity contribution is -0.141. The van der Waals surface area contributed by atoms with E-state index >= 15 is 0 Å². The first-order chi connectivity index (χ1) is 13.6. The van der Waals surface area contributed by atoms with E-state index in [1.807, 2.05) is 78.9 Å². The number of carbonyl (C=O) groups excluding carboxylic acids is 2. The van der Waals surface area contributed by atoms with E-state index in [1.165, 1.54) is 7.11 Å². The second kappa shape index (κ2) is 9.00. The van der Waals surface area contributed by atoms with Crippen LogP contribution in [0.4, 0.5) is 0 Å². The van der Waals surface area contributed by atoms with Crippen molar-refractivity contribution in [2.24, 2.45) is 0 Å². The Kier molecular flexibility index (Phi) is 6.22. The third kappa shape index (κ3) is 4.65. The third-order valence-electron chi connectivity index (χ3n) is 4.57. The second-order valence-corrected chi connectivity index (χ2v) is 6.50. The molecule has 3 rings (SSSR count). The normalized spacial score (nSPS) is 11.5. The summed E-state index contributed by atoms with van der Waals surface area (Å²) in [6.45, 7) is 2.15. The third-order valence-corrected chi connectivity index (χ3v) is 4.57. The monoisotopic (exact) mass is 374 g/mol. The summed E-state index contributed by atoms with van der Waals surface area (Å²) < 4.78 is 10.6. The highest BCUT2D eigenvalue weighted by atomic mass is 16.5. The van der Waals surface area contributed by atoms with Crippen molar-refractivity contribution in [3.8, 4) is 5.75 Å². The fourth-order valence-corrected chi connectivity index (χ4v) is 2.89. The van der Waals surface area contributed by atoms with Crippen LogP contribution in [-0.2, 0) is 16.1 Å². The standard InChI is InChI=1S/C24H22O4/c1-17(24(26)27-2)19-11-13-22(14-12-19)28-16-18-7-6-10-21(15-18)23(25)20-8-4-3-5-9-20/h3-15,17H,16H2,1-2H3. The number of hydrogen-bond donors (Lipinski definition) is 0. The van der Waals surface area contributed by atoms with Gasteiger partial charge in [-0.25, -0.2) is 0 Å². The lowest BCUT2D eigenvalue weighted by atomic mass is 10.0. The predicted molar refractivity (Wildman–Crippen MR) is 108 cm³/mol. The van der Waals surface area contributed by atoms with Crippen molar-refractivity contribution in [3.63, 3.8) is 0 Å². The van der Waals surface area contributed by atoms with Gasteiger partial charge in [0.05, 0.1) is 13.0 Å². The van der Waals surface area contributed by atoms with Crippen molar-refractivity contribution in [2.75, 3.05) is 7.11 Å². The van der Waals surface area contributed by atoms with E-state index in [0.29, 0.717) is 23.5 Å². The molecule has 1 atom stereocenters. The van der Waals surface area contributed by atoms with Gasteiger partial charge < -0.3 is 9.47 Å². The zero-order chi connectivity index (χ0) is 19.9. The molecule has 0 aliphatic heterocycles. The van der Waals surface area contributed by atoms with Crippen LogP contribution in [0.15, 0.2) is 78.9 Å². The van der Waals surface area contributed by atoms with Crippen LogP contribution in [0.5, 0.6) is 5.75 Å². The number of benzene rings is 3. The van der Waals surface area contributed by atoms with Gasteiger partial charge in [-0.05, 0) is 36.2 Å². The molecule has 0 fully saturated rings. The first-order valence-corrected chi connectivity index (χ1v) is 9.08. The maximum absolute atomic E-state index is 12.6. The minimum atomic E-state index is -0.320. The molecule has 0 aliphatic carbocycles. The van der Waals surface area contributed by atoms with Gasteiger partial charge in [-0.3, -0.25) is 9.59 Å². The Balaban J connectivity index is 1.65. The molecule has 0 N–H and O–H groups in total. The molecule has 142 valence electrons. The van der Waals surface area contributed by atoms with Crippen LogP contribution in [0.1, 0.15) is 39.9 Å². The Hall–Kier alpha value is -3.40. The molecular weight excluding hydrogens is 352 g/mol. The summed E-state index contributed by atoms with van der Waals surface area (Å²) in [7, 11) is 1.38. The molecule has 3 aromatic carbocycles. The summed E-state index contributed by atoms with van der Waals surface area (Å²) in [6, 6.07) is 24.0. The van der Waals surface area contributed by atoms with E-state index in [4.69, 9.17) is 9.47 Å². The van der Waals surface area contributed by atoms with Crippen LogP contribution >= 0.6 is 0 Å². The number of rotatable bonds is 7. The molecule has 0 spiro atoms. The first kappa shape index (κ1) is 19.4. The molecule has 0 aliphatic rings. The fraction of sp³-hybridized carbons (Fsp3) is 0.167. The fourth-order valence-electron chi connectivity index (χ4n) is 2.89. The maximum atomic E-state index is 12.6. The number of methoxy groups -OCH3 is 1. The van der Waals surface area contributed by atoms with Gasteiger partial charge >= 0.3 is 5.97 Å². The highest BCUT2D eigenvalue weighted by Crippen LogP contribution is 2.21. The number of carbonyl (C=O) groups is 2. The van der Waals surface area contributed by atoms with Crippen LogP contribution in [-0.4, -0.2) is 18.9 Å². The van der Waals surface area contributed by atoms with Crippen LogP contribution < -0.4 is 4.74 Å². The van der Waals surface area contributed by atoms with Gasteiger partial charge in [-0.2, -0.15) is 0 Å². The molecule has 0 aromatic heterocycles. The van der Waals surface area contributed by atoms with Crippen LogP contribution in [0.25, 0.3) is 0 Å². The van der Waals surface area contributed by atoms with Crippen molar-refractivity contribution in [2.45, 2.75) is 19.4 Å². The van der Waals surface area contributed by atoms with Crippen LogP contribution in [0, 0.1) is 0 Å². The number of ketones is 1. The molecule has 0 saturated carbocycles. The average molecular weight is 374 g/mol. The Morgan fingerprint density at radius 2 is 1.54 bits per heavy atom. The van der Waals surface area contributed by atoms with Gasteiger partial charge in [0.25, 0.3) is 0 Å². The second-order valence-electron chi connectivity index (χ2n) is 6.50. The van der Waals surface area contributed by atoms with Crippen LogP contribution in [0.3, 0.4) is 0 Å². The van der Waals surface area contributed by atoms with Gasteiger partial charge in [0.1, 0.15) is 12.4 Å². The quantitative estimate of drug-likeness (QED) is 0.441. The highest BCUT2D eigenvalue weighted by Gasteiger charge is 2.15. The number of esters is 1. The van der Waals surface area contributed by atoms with Crippen molar-refractivity contribution in [3.05, 3.63) is 101 Å². The average Bonchev–Trinajstić information content (AvgIpc) is 2.77. The van der Waals surface area contributed by atoms with Crippen molar-refractivity contribution >= 4 is 11.8 Å². The smallest absolute Gasteiger partial charge is 0.312 e. The number of hydrogen-bond acceptors (Lipinski definition) is 4. The van der Waals surface area contributed by atoms with E-state index < -0.39 is 0 Å². The minimum Gasteiger partial charge on any atom is -0.489 e. The molecular formula is C24H22O4. The summed E-state index contributed by atoms with van der Waals surface area (Å²) in [5, 5.41) is 0. The van der Waals surface area contributed by atoms with E-state index in [2.05, 4.69) is 0 Å². The zero-order valence-corrected chi connectivity index (χ0v) is 15.9. The minimum absolute atomic E-state index is 0.0106. The highest BCUT2D eigenvalue weighted by molar-refractivity contribution is 6.09. The maximum Gasteiger partial charge on any atom is 0.312 e. The van der Waals surface area contributed by atoms with E-state index in [0.717, 1.165) is 11.1 Å². The Labute approximate surface area is 164 Å². The van der Waals surface area contributed by atoms with Crippen molar-refractivity contribution in [1.29, 1.82) is 0 Å². The molecule has 4 heteroatoms. The van der Waals surface area contributed by atoms with Crippen molar-refractivity contribution in [1.82, 2.24) is 0 Å². The Morgan fingerprint density at radius 1 is 0.857 bits per heavy atom.